The maximum atomic E-state index is 2.49. The summed E-state index contributed by atoms with van der Waals surface area (Å²) in [6.07, 6.45) is 11.0. The second-order valence-corrected chi connectivity index (χ2v) is 8.56. The topological polar surface area (TPSA) is 0 Å². The Morgan fingerprint density at radius 1 is 1.08 bits per heavy atom. The van der Waals surface area contributed by atoms with Gasteiger partial charge >= 0.3 is 110 Å². The van der Waals surface area contributed by atoms with E-state index in [2.05, 4.69) is 20.6 Å². The zero-order chi connectivity index (χ0) is 9.78. The number of rotatable bonds is 9. The van der Waals surface area contributed by atoms with Crippen LogP contribution in [-0.2, 0) is 0 Å². The van der Waals surface area contributed by atoms with E-state index in [4.69, 9.17) is 0 Å². The van der Waals surface area contributed by atoms with E-state index in [0.717, 1.165) is 0 Å². The first-order valence-electron chi connectivity index (χ1n) is 5.45. The Kier molecular flexibility index (Phi) is 14.7. The van der Waals surface area contributed by atoms with E-state index in [1.54, 1.807) is 4.18 Å². The van der Waals surface area contributed by atoms with Crippen LogP contribution in [0.4, 0.5) is 0 Å². The molecule has 0 amide bonds. The summed E-state index contributed by atoms with van der Waals surface area (Å²) in [5.74, 6) is 0. The third-order valence-electron chi connectivity index (χ3n) is 2.08. The molecule has 0 bridgehead atoms. The van der Waals surface area contributed by atoms with Crippen molar-refractivity contribution in [3.05, 3.63) is 9.91 Å². The molecule has 0 heterocycles. The summed E-state index contributed by atoms with van der Waals surface area (Å²) < 4.78 is 6.34. The van der Waals surface area contributed by atoms with Crippen molar-refractivity contribution in [2.24, 2.45) is 0 Å². The molecule has 0 atom stereocenters. The first kappa shape index (κ1) is 14.4. The molecule has 0 spiro atoms. The summed E-state index contributed by atoms with van der Waals surface area (Å²) >= 11 is 1.04. The summed E-state index contributed by atoms with van der Waals surface area (Å²) in [6.45, 7) is 2.28. The molecule has 2 heteroatoms. The van der Waals surface area contributed by atoms with E-state index in [9.17, 15) is 0 Å². The zero-order valence-electron chi connectivity index (χ0n) is 8.84. The van der Waals surface area contributed by atoms with Crippen LogP contribution in [0.3, 0.4) is 0 Å². The van der Waals surface area contributed by atoms with E-state index < -0.39 is 0 Å². The van der Waals surface area contributed by atoms with Crippen LogP contribution in [0.2, 0.25) is 4.18 Å². The van der Waals surface area contributed by atoms with Gasteiger partial charge in [-0.3, -0.25) is 0 Å². The van der Waals surface area contributed by atoms with Gasteiger partial charge in [-0.05, 0) is 0 Å². The minimum atomic E-state index is -0.240. The number of allylic oxidation sites excluding steroid dienone is 1. The quantitative estimate of drug-likeness (QED) is 0.539. The molecule has 0 saturated carbocycles. The third kappa shape index (κ3) is 13.4. The molecule has 0 aliphatic heterocycles. The van der Waals surface area contributed by atoms with Gasteiger partial charge in [-0.15, -0.1) is 0 Å². The van der Waals surface area contributed by atoms with Crippen molar-refractivity contribution in [3.63, 3.8) is 0 Å². The Labute approximate surface area is 109 Å². The Bertz CT molecular complexity index is 130. The Morgan fingerprint density at radius 3 is 2.46 bits per heavy atom. The molecule has 0 aromatic rings. The number of hydrogen-bond acceptors (Lipinski definition) is 0. The average molecular weight is 382 g/mol. The van der Waals surface area contributed by atoms with Crippen LogP contribution in [0.15, 0.2) is 9.91 Å². The van der Waals surface area contributed by atoms with Crippen molar-refractivity contribution < 1.29 is 0 Å². The third-order valence-corrected chi connectivity index (χ3v) is 6.24. The number of unbranched alkanes of at least 4 members (excludes halogenated alkanes) is 5. The molecular weight excluding hydrogens is 362 g/mol. The summed E-state index contributed by atoms with van der Waals surface area (Å²) in [5.41, 5.74) is 0. The summed E-state index contributed by atoms with van der Waals surface area (Å²) in [4.78, 5) is 0. The van der Waals surface area contributed by atoms with Crippen LogP contribution in [0.25, 0.3) is 0 Å². The normalized spacial score (nSPS) is 10.5. The van der Waals surface area contributed by atoms with Crippen LogP contribution in [0.5, 0.6) is 0 Å². The fraction of sp³-hybridized carbons (Fsp3) is 0.727. The monoisotopic (exact) mass is 382 g/mol. The van der Waals surface area contributed by atoms with E-state index in [1.165, 1.54) is 62.4 Å². The summed E-state index contributed by atoms with van der Waals surface area (Å²) in [6, 6.07) is 0. The first-order valence-corrected chi connectivity index (χ1v) is 11.6. The van der Waals surface area contributed by atoms with Crippen molar-refractivity contribution in [3.8, 4) is 0 Å². The van der Waals surface area contributed by atoms with Crippen molar-refractivity contribution in [2.75, 3.05) is 0 Å². The van der Waals surface area contributed by atoms with Crippen LogP contribution in [0, 0.1) is 0 Å². The minimum absolute atomic E-state index is 0.240. The SMILES string of the molecule is CCCCCCC[CH2][In]/[CH]=C\[CH]=[In]. The Balaban J connectivity index is 2.91. The predicted molar refractivity (Wildman–Crippen MR) is 64.9 cm³/mol. The van der Waals surface area contributed by atoms with E-state index >= 15 is 0 Å². The molecule has 0 aliphatic rings. The fourth-order valence-corrected chi connectivity index (χ4v) is 6.60. The maximum absolute atomic E-state index is 2.49. The number of hydrogen-bond donors (Lipinski definition) is 0. The van der Waals surface area contributed by atoms with Crippen molar-refractivity contribution in [1.29, 1.82) is 0 Å². The summed E-state index contributed by atoms with van der Waals surface area (Å²) in [5, 5.41) is 0. The summed E-state index contributed by atoms with van der Waals surface area (Å²) in [7, 11) is 0. The van der Waals surface area contributed by atoms with Gasteiger partial charge in [0, 0.05) is 0 Å². The predicted octanol–water partition coefficient (Wildman–Crippen LogP) is 2.95. The molecule has 2 radical (unpaired) electrons. The van der Waals surface area contributed by atoms with E-state index in [0.29, 0.717) is 0 Å². The van der Waals surface area contributed by atoms with E-state index in [1.807, 2.05) is 0 Å². The van der Waals surface area contributed by atoms with E-state index in [-0.39, 0.29) is 22.9 Å². The van der Waals surface area contributed by atoms with Crippen LogP contribution in [-0.4, -0.2) is 50.6 Å². The fourth-order valence-electron chi connectivity index (χ4n) is 1.28. The van der Waals surface area contributed by atoms with Gasteiger partial charge < -0.3 is 0 Å². The molecule has 0 nitrogen and oxygen atoms in total. The van der Waals surface area contributed by atoms with Gasteiger partial charge in [0.15, 0.2) is 0 Å². The molecule has 13 heavy (non-hydrogen) atoms. The van der Waals surface area contributed by atoms with Gasteiger partial charge in [-0.2, -0.15) is 0 Å². The van der Waals surface area contributed by atoms with Crippen LogP contribution < -0.4 is 0 Å². The second kappa shape index (κ2) is 13.4. The van der Waals surface area contributed by atoms with Crippen LogP contribution >= 0.6 is 0 Å². The molecular formula is C11H20In2. The first-order chi connectivity index (χ1) is 6.41. The molecule has 0 rings (SSSR count). The average Bonchev–Trinajstić information content (AvgIpc) is 2.16. The van der Waals surface area contributed by atoms with Crippen molar-refractivity contribution in [1.82, 2.24) is 0 Å². The van der Waals surface area contributed by atoms with Gasteiger partial charge in [0.05, 0.1) is 0 Å². The van der Waals surface area contributed by atoms with Gasteiger partial charge in [0.25, 0.3) is 0 Å². The Morgan fingerprint density at radius 2 is 1.77 bits per heavy atom. The van der Waals surface area contributed by atoms with Crippen molar-refractivity contribution >= 4 is 50.6 Å². The standard InChI is InChI=1S/C8H17.C3H3.2In/c1-3-5-7-8-6-4-2;1-3-2;;/h1,3-8H2,2H3;1-3H;;. The molecule has 0 aromatic carbocycles. The molecule has 0 aromatic heterocycles. The molecule has 0 saturated heterocycles. The Hall–Kier alpha value is 1.35. The zero-order valence-corrected chi connectivity index (χ0v) is 15.4. The van der Waals surface area contributed by atoms with Gasteiger partial charge in [0.2, 0.25) is 0 Å². The molecule has 0 fully saturated rings. The second-order valence-electron chi connectivity index (χ2n) is 3.37. The van der Waals surface area contributed by atoms with Crippen LogP contribution in [0.1, 0.15) is 45.4 Å². The molecule has 0 unspecified atom stereocenters. The molecule has 70 valence electrons. The van der Waals surface area contributed by atoms with Crippen molar-refractivity contribution in [2.45, 2.75) is 49.6 Å². The van der Waals surface area contributed by atoms with Gasteiger partial charge in [-0.25, -0.2) is 0 Å². The molecule has 0 N–H and O–H groups in total. The molecule has 0 aliphatic carbocycles. The van der Waals surface area contributed by atoms with Gasteiger partial charge in [0.1, 0.15) is 0 Å². The van der Waals surface area contributed by atoms with Gasteiger partial charge in [-0.1, -0.05) is 0 Å².